The van der Waals surface area contributed by atoms with Crippen molar-refractivity contribution in [3.05, 3.63) is 48.1 Å². The number of hydrogen-bond acceptors (Lipinski definition) is 10. The van der Waals surface area contributed by atoms with Crippen LogP contribution in [0.1, 0.15) is 31.2 Å². The van der Waals surface area contributed by atoms with Crippen molar-refractivity contribution in [3.8, 4) is 17.1 Å². The van der Waals surface area contributed by atoms with E-state index in [1.165, 1.54) is 6.08 Å². The molecule has 2 aromatic heterocycles. The van der Waals surface area contributed by atoms with E-state index in [2.05, 4.69) is 21.5 Å². The van der Waals surface area contributed by atoms with Gasteiger partial charge in [0.1, 0.15) is 29.9 Å². The number of amides is 1. The van der Waals surface area contributed by atoms with Gasteiger partial charge in [-0.1, -0.05) is 17.9 Å². The average molecular weight is 734 g/mol. The van der Waals surface area contributed by atoms with Crippen molar-refractivity contribution in [3.63, 3.8) is 0 Å². The molecule has 8 rings (SSSR count). The first kappa shape index (κ1) is 33.9. The SMILES string of the molecule is C=CC(=O)N1CCN(c2nc(OC[C@@]34CCCN3C[C@H](F)C4)nc3c(F)c(-c4ccc(F)c5sc(N)nc45)c(C(F)(F)F)cc23)C[C@@]12CCOC2. The number of aromatic nitrogens is 3. The molecule has 17 heteroatoms. The highest BCUT2D eigenvalue weighted by Crippen LogP contribution is 2.47. The number of anilines is 2. The Bertz CT molecular complexity index is 2070. The standard InChI is InChI=1S/C34H33F6N7O3S/c1-2-23(48)47-10-9-45(15-33(47)7-11-49-16-33)29-20-12-21(34(38,39)40)24(19-4-5-22(36)28-27(19)42-30(41)51-28)25(37)26(20)43-31(44-29)50-17-32-6-3-8-46(32)14-18(35)13-32/h2,4-5,12,18H,1,3,6-11,13-17H2,(H2,41,42)/t18-,32+,33-/m1/s1. The second-order valence-electron chi connectivity index (χ2n) is 13.7. The Hall–Kier alpha value is -4.22. The van der Waals surface area contributed by atoms with E-state index in [0.717, 1.165) is 36.0 Å². The Morgan fingerprint density at radius 3 is 2.73 bits per heavy atom. The van der Waals surface area contributed by atoms with Crippen molar-refractivity contribution < 1.29 is 40.6 Å². The molecule has 0 bridgehead atoms. The lowest BCUT2D eigenvalue weighted by Gasteiger charge is -2.48. The number of halogens is 6. The molecular formula is C34H33F6N7O3S. The van der Waals surface area contributed by atoms with E-state index < -0.39 is 51.7 Å². The molecule has 4 aliphatic heterocycles. The number of rotatable bonds is 6. The fourth-order valence-electron chi connectivity index (χ4n) is 8.37. The molecule has 51 heavy (non-hydrogen) atoms. The number of carbonyl (C=O) groups is 1. The summed E-state index contributed by atoms with van der Waals surface area (Å²) in [6.07, 6.45) is -2.74. The quantitative estimate of drug-likeness (QED) is 0.196. The van der Waals surface area contributed by atoms with Crippen LogP contribution in [-0.4, -0.2) is 100 Å². The minimum Gasteiger partial charge on any atom is -0.461 e. The number of nitrogens with zero attached hydrogens (tertiary/aromatic N) is 6. The van der Waals surface area contributed by atoms with Crippen LogP contribution < -0.4 is 15.4 Å². The molecule has 0 radical (unpaired) electrons. The average Bonchev–Trinajstić information content (AvgIpc) is 3.87. The first-order valence-electron chi connectivity index (χ1n) is 16.6. The third-order valence-electron chi connectivity index (χ3n) is 10.7. The van der Waals surface area contributed by atoms with Crippen molar-refractivity contribution in [2.45, 2.75) is 49.1 Å². The van der Waals surface area contributed by atoms with Gasteiger partial charge in [-0.05, 0) is 50.1 Å². The third-order valence-corrected chi connectivity index (χ3v) is 11.6. The zero-order valence-corrected chi connectivity index (χ0v) is 28.1. The number of nitrogens with two attached hydrogens (primary N) is 1. The molecule has 4 fully saturated rings. The highest BCUT2D eigenvalue weighted by molar-refractivity contribution is 7.22. The summed E-state index contributed by atoms with van der Waals surface area (Å²) in [5.74, 6) is -2.44. The normalized spacial score (nSPS) is 25.4. The smallest absolute Gasteiger partial charge is 0.417 e. The summed E-state index contributed by atoms with van der Waals surface area (Å²) < 4.78 is 103. The second-order valence-corrected chi connectivity index (χ2v) is 14.7. The van der Waals surface area contributed by atoms with Gasteiger partial charge in [0.2, 0.25) is 5.91 Å². The Morgan fingerprint density at radius 1 is 1.16 bits per heavy atom. The molecule has 6 heterocycles. The molecule has 4 saturated heterocycles. The number of piperazine rings is 1. The van der Waals surface area contributed by atoms with Crippen LogP contribution in [0.3, 0.4) is 0 Å². The molecule has 10 nitrogen and oxygen atoms in total. The van der Waals surface area contributed by atoms with Crippen molar-refractivity contribution in [1.29, 1.82) is 0 Å². The van der Waals surface area contributed by atoms with Gasteiger partial charge in [0, 0.05) is 55.7 Å². The Morgan fingerprint density at radius 2 is 1.98 bits per heavy atom. The van der Waals surface area contributed by atoms with Gasteiger partial charge in [-0.2, -0.15) is 23.1 Å². The van der Waals surface area contributed by atoms with Crippen LogP contribution >= 0.6 is 11.3 Å². The summed E-state index contributed by atoms with van der Waals surface area (Å²) >= 11 is 0.733. The van der Waals surface area contributed by atoms with Gasteiger partial charge in [-0.3, -0.25) is 9.69 Å². The molecule has 1 amide bonds. The number of thiazole rings is 1. The van der Waals surface area contributed by atoms with Gasteiger partial charge < -0.3 is 25.0 Å². The summed E-state index contributed by atoms with van der Waals surface area (Å²) in [4.78, 5) is 31.3. The Balaban J connectivity index is 1.32. The highest BCUT2D eigenvalue weighted by Gasteiger charge is 2.50. The first-order valence-corrected chi connectivity index (χ1v) is 17.4. The third kappa shape index (κ3) is 5.55. The van der Waals surface area contributed by atoms with Crippen LogP contribution in [0.25, 0.3) is 32.2 Å². The molecule has 2 aromatic carbocycles. The molecule has 4 aliphatic rings. The maximum absolute atomic E-state index is 17.1. The molecule has 4 aromatic rings. The molecular weight excluding hydrogens is 700 g/mol. The van der Waals surface area contributed by atoms with E-state index in [1.54, 1.807) is 9.80 Å². The fourth-order valence-corrected chi connectivity index (χ4v) is 9.14. The number of nitrogen functional groups attached to an aromatic ring is 1. The van der Waals surface area contributed by atoms with Crippen LogP contribution in [-0.2, 0) is 15.7 Å². The maximum Gasteiger partial charge on any atom is 0.417 e. The Kier molecular flexibility index (Phi) is 8.10. The first-order chi connectivity index (χ1) is 24.3. The van der Waals surface area contributed by atoms with Gasteiger partial charge in [0.05, 0.1) is 33.5 Å². The van der Waals surface area contributed by atoms with Crippen molar-refractivity contribution >= 4 is 49.3 Å². The van der Waals surface area contributed by atoms with Gasteiger partial charge >= 0.3 is 12.2 Å². The summed E-state index contributed by atoms with van der Waals surface area (Å²) in [6.45, 7) is 5.48. The lowest BCUT2D eigenvalue weighted by molar-refractivity contribution is -0.137. The van der Waals surface area contributed by atoms with E-state index in [4.69, 9.17) is 15.2 Å². The van der Waals surface area contributed by atoms with E-state index >= 15 is 4.39 Å². The number of fused-ring (bicyclic) bond motifs is 3. The van der Waals surface area contributed by atoms with Crippen molar-refractivity contribution in [1.82, 2.24) is 24.8 Å². The van der Waals surface area contributed by atoms with Crippen LogP contribution in [0.15, 0.2) is 30.9 Å². The van der Waals surface area contributed by atoms with E-state index in [-0.39, 0.29) is 89.8 Å². The molecule has 270 valence electrons. The summed E-state index contributed by atoms with van der Waals surface area (Å²) in [7, 11) is 0. The van der Waals surface area contributed by atoms with Crippen LogP contribution in [0.4, 0.5) is 37.3 Å². The van der Waals surface area contributed by atoms with Crippen LogP contribution in [0.2, 0.25) is 0 Å². The minimum atomic E-state index is -5.08. The molecule has 0 saturated carbocycles. The van der Waals surface area contributed by atoms with Crippen molar-refractivity contribution in [2.75, 3.05) is 63.2 Å². The topological polar surface area (TPSA) is 110 Å². The second kappa shape index (κ2) is 12.2. The van der Waals surface area contributed by atoms with Crippen molar-refractivity contribution in [2.24, 2.45) is 0 Å². The largest absolute Gasteiger partial charge is 0.461 e. The van der Waals surface area contributed by atoms with E-state index in [1.807, 2.05) is 4.90 Å². The van der Waals surface area contributed by atoms with Gasteiger partial charge in [0.25, 0.3) is 0 Å². The molecule has 2 N–H and O–H groups in total. The molecule has 0 aliphatic carbocycles. The van der Waals surface area contributed by atoms with Gasteiger partial charge in [-0.15, -0.1) is 0 Å². The molecule has 0 unspecified atom stereocenters. The zero-order chi connectivity index (χ0) is 35.9. The number of benzene rings is 2. The monoisotopic (exact) mass is 733 g/mol. The number of hydrogen-bond donors (Lipinski definition) is 1. The van der Waals surface area contributed by atoms with Gasteiger partial charge in [-0.25, -0.2) is 18.2 Å². The molecule has 3 atom stereocenters. The van der Waals surface area contributed by atoms with E-state index in [0.29, 0.717) is 26.0 Å². The Labute approximate surface area is 291 Å². The highest BCUT2D eigenvalue weighted by atomic mass is 32.1. The van der Waals surface area contributed by atoms with Crippen LogP contribution in [0, 0.1) is 11.6 Å². The lowest BCUT2D eigenvalue weighted by Crippen LogP contribution is -2.64. The summed E-state index contributed by atoms with van der Waals surface area (Å²) in [5, 5.41) is -0.344. The number of alkyl halides is 4. The maximum atomic E-state index is 17.1. The minimum absolute atomic E-state index is 0.0104. The number of ether oxygens (including phenoxy) is 2. The fraction of sp³-hybridized carbons (Fsp3) is 0.471. The summed E-state index contributed by atoms with van der Waals surface area (Å²) in [5.41, 5.74) is 1.14. The van der Waals surface area contributed by atoms with E-state index in [9.17, 15) is 26.7 Å². The number of carbonyl (C=O) groups excluding carboxylic acids is 1. The summed E-state index contributed by atoms with van der Waals surface area (Å²) in [6, 6.07) is 2.48. The lowest BCUT2D eigenvalue weighted by atomic mass is 9.91. The zero-order valence-electron chi connectivity index (χ0n) is 27.2. The molecule has 1 spiro atoms. The predicted molar refractivity (Wildman–Crippen MR) is 178 cm³/mol. The van der Waals surface area contributed by atoms with Gasteiger partial charge in [0.15, 0.2) is 10.9 Å². The van der Waals surface area contributed by atoms with Crippen LogP contribution in [0.5, 0.6) is 6.01 Å². The predicted octanol–water partition coefficient (Wildman–Crippen LogP) is 5.73.